The van der Waals surface area contributed by atoms with Gasteiger partial charge in [-0.2, -0.15) is 0 Å². The number of hydrogen-bond donors (Lipinski definition) is 3. The predicted molar refractivity (Wildman–Crippen MR) is 82.6 cm³/mol. The molecule has 4 N–H and O–H groups in total. The SMILES string of the molecule is NC(=S)C1(NC(=O)Cc2ccccc2O)CCCCC1. The van der Waals surface area contributed by atoms with E-state index >= 15 is 0 Å². The van der Waals surface area contributed by atoms with Crippen LogP contribution in [0.15, 0.2) is 24.3 Å². The number of aromatic hydroxyl groups is 1. The van der Waals surface area contributed by atoms with Gasteiger partial charge in [0.1, 0.15) is 5.75 Å². The lowest BCUT2D eigenvalue weighted by atomic mass is 9.81. The van der Waals surface area contributed by atoms with E-state index in [9.17, 15) is 9.90 Å². The number of rotatable bonds is 4. The number of para-hydroxylation sites is 1. The van der Waals surface area contributed by atoms with Crippen molar-refractivity contribution in [3.8, 4) is 5.75 Å². The maximum Gasteiger partial charge on any atom is 0.225 e. The van der Waals surface area contributed by atoms with Crippen molar-refractivity contribution < 1.29 is 9.90 Å². The highest BCUT2D eigenvalue weighted by Crippen LogP contribution is 2.29. The number of phenols is 1. The van der Waals surface area contributed by atoms with Crippen LogP contribution in [0.1, 0.15) is 37.7 Å². The number of nitrogens with two attached hydrogens (primary N) is 1. The van der Waals surface area contributed by atoms with Gasteiger partial charge >= 0.3 is 0 Å². The fourth-order valence-corrected chi connectivity index (χ4v) is 2.99. The predicted octanol–water partition coefficient (Wildman–Crippen LogP) is 2.04. The van der Waals surface area contributed by atoms with Crippen LogP contribution in [-0.4, -0.2) is 21.5 Å². The van der Waals surface area contributed by atoms with E-state index in [1.807, 2.05) is 0 Å². The van der Waals surface area contributed by atoms with Gasteiger partial charge in [-0.1, -0.05) is 49.7 Å². The van der Waals surface area contributed by atoms with Gasteiger partial charge in [0.05, 0.1) is 16.9 Å². The van der Waals surface area contributed by atoms with Crippen molar-refractivity contribution in [3.63, 3.8) is 0 Å². The van der Waals surface area contributed by atoms with E-state index in [2.05, 4.69) is 5.32 Å². The molecular formula is C15H20N2O2S. The second-order valence-corrected chi connectivity index (χ2v) is 5.80. The molecule has 1 saturated carbocycles. The van der Waals surface area contributed by atoms with E-state index in [4.69, 9.17) is 18.0 Å². The molecule has 0 heterocycles. The number of thiocarbonyl (C=S) groups is 1. The maximum absolute atomic E-state index is 12.2. The van der Waals surface area contributed by atoms with Crippen LogP contribution in [0.2, 0.25) is 0 Å². The molecule has 4 nitrogen and oxygen atoms in total. The standard InChI is InChI=1S/C15H20N2O2S/c16-14(20)15(8-4-1-5-9-15)17-13(19)10-11-6-2-3-7-12(11)18/h2-3,6-7,18H,1,4-5,8-10H2,(H2,16,20)(H,17,19). The van der Waals surface area contributed by atoms with Gasteiger partial charge in [0.25, 0.3) is 0 Å². The maximum atomic E-state index is 12.2. The summed E-state index contributed by atoms with van der Waals surface area (Å²) in [6.45, 7) is 0. The highest BCUT2D eigenvalue weighted by molar-refractivity contribution is 7.80. The first-order chi connectivity index (χ1) is 9.53. The van der Waals surface area contributed by atoms with Crippen molar-refractivity contribution in [3.05, 3.63) is 29.8 Å². The third-order valence-electron chi connectivity index (χ3n) is 3.90. The zero-order valence-electron chi connectivity index (χ0n) is 11.4. The molecule has 108 valence electrons. The average Bonchev–Trinajstić information content (AvgIpc) is 2.42. The first-order valence-electron chi connectivity index (χ1n) is 6.91. The number of hydrogen-bond acceptors (Lipinski definition) is 3. The van der Waals surface area contributed by atoms with Crippen molar-refractivity contribution in [2.45, 2.75) is 44.1 Å². The van der Waals surface area contributed by atoms with Crippen LogP contribution in [0.5, 0.6) is 5.75 Å². The largest absolute Gasteiger partial charge is 0.508 e. The van der Waals surface area contributed by atoms with Crippen LogP contribution < -0.4 is 11.1 Å². The van der Waals surface area contributed by atoms with Gasteiger partial charge in [-0.15, -0.1) is 0 Å². The molecule has 1 aromatic rings. The Kier molecular flexibility index (Phi) is 4.60. The van der Waals surface area contributed by atoms with Gasteiger partial charge in [0.15, 0.2) is 0 Å². The Bertz CT molecular complexity index is 510. The molecule has 0 atom stereocenters. The summed E-state index contributed by atoms with van der Waals surface area (Å²) < 4.78 is 0. The van der Waals surface area contributed by atoms with Gasteiger partial charge in [-0.25, -0.2) is 0 Å². The van der Waals surface area contributed by atoms with Crippen LogP contribution in [-0.2, 0) is 11.2 Å². The first-order valence-corrected chi connectivity index (χ1v) is 7.32. The Morgan fingerprint density at radius 2 is 1.95 bits per heavy atom. The molecule has 1 aliphatic rings. The van der Waals surface area contributed by atoms with Crippen LogP contribution in [0, 0.1) is 0 Å². The normalized spacial score (nSPS) is 17.4. The molecule has 0 spiro atoms. The zero-order chi connectivity index (χ0) is 14.6. The second kappa shape index (κ2) is 6.22. The van der Waals surface area contributed by atoms with Crippen molar-refractivity contribution in [1.82, 2.24) is 5.32 Å². The molecule has 2 rings (SSSR count). The van der Waals surface area contributed by atoms with Gasteiger partial charge in [-0.3, -0.25) is 4.79 Å². The van der Waals surface area contributed by atoms with Gasteiger partial charge < -0.3 is 16.2 Å². The highest BCUT2D eigenvalue weighted by atomic mass is 32.1. The topological polar surface area (TPSA) is 75.3 Å². The van der Waals surface area contributed by atoms with Crippen molar-refractivity contribution >= 4 is 23.1 Å². The molecule has 0 aromatic heterocycles. The molecule has 0 bridgehead atoms. The van der Waals surface area contributed by atoms with Crippen LogP contribution >= 0.6 is 12.2 Å². The number of amides is 1. The lowest BCUT2D eigenvalue weighted by molar-refractivity contribution is -0.122. The van der Waals surface area contributed by atoms with Crippen molar-refractivity contribution in [2.24, 2.45) is 5.73 Å². The number of carbonyl (C=O) groups excluding carboxylic acids is 1. The minimum absolute atomic E-state index is 0.135. The first kappa shape index (κ1) is 14.8. The average molecular weight is 292 g/mol. The van der Waals surface area contributed by atoms with E-state index in [0.29, 0.717) is 10.6 Å². The smallest absolute Gasteiger partial charge is 0.225 e. The lowest BCUT2D eigenvalue weighted by Gasteiger charge is -2.37. The summed E-state index contributed by atoms with van der Waals surface area (Å²) in [7, 11) is 0. The van der Waals surface area contributed by atoms with Crippen molar-refractivity contribution in [1.29, 1.82) is 0 Å². The molecule has 5 heteroatoms. The molecule has 1 aromatic carbocycles. The molecule has 1 amide bonds. The summed E-state index contributed by atoms with van der Waals surface area (Å²) in [5.41, 5.74) is 5.90. The molecule has 1 aliphatic carbocycles. The lowest BCUT2D eigenvalue weighted by Crippen LogP contribution is -2.58. The molecule has 0 saturated heterocycles. The van der Waals surface area contributed by atoms with Crippen LogP contribution in [0.3, 0.4) is 0 Å². The quantitative estimate of drug-likeness (QED) is 0.742. The van der Waals surface area contributed by atoms with Crippen molar-refractivity contribution in [2.75, 3.05) is 0 Å². The van der Waals surface area contributed by atoms with Crippen LogP contribution in [0.25, 0.3) is 0 Å². The summed E-state index contributed by atoms with van der Waals surface area (Å²) in [5.74, 6) is -0.0168. The Morgan fingerprint density at radius 3 is 2.55 bits per heavy atom. The second-order valence-electron chi connectivity index (χ2n) is 5.36. The monoisotopic (exact) mass is 292 g/mol. The fraction of sp³-hybridized carbons (Fsp3) is 0.467. The van der Waals surface area contributed by atoms with E-state index in [-0.39, 0.29) is 18.1 Å². The Balaban J connectivity index is 2.06. The third-order valence-corrected chi connectivity index (χ3v) is 4.29. The van der Waals surface area contributed by atoms with Gasteiger partial charge in [-0.05, 0) is 18.9 Å². The summed E-state index contributed by atoms with van der Waals surface area (Å²) in [6.07, 6.45) is 4.93. The molecule has 0 aliphatic heterocycles. The third kappa shape index (κ3) is 3.28. The number of benzene rings is 1. The van der Waals surface area contributed by atoms with E-state index in [1.165, 1.54) is 0 Å². The van der Waals surface area contributed by atoms with Gasteiger partial charge in [0.2, 0.25) is 5.91 Å². The minimum atomic E-state index is -0.547. The Morgan fingerprint density at radius 1 is 1.30 bits per heavy atom. The fourth-order valence-electron chi connectivity index (χ4n) is 2.73. The molecule has 1 fully saturated rings. The number of phenolic OH excluding ortho intramolecular Hbond substituents is 1. The van der Waals surface area contributed by atoms with Crippen LogP contribution in [0.4, 0.5) is 0 Å². The molecular weight excluding hydrogens is 272 g/mol. The Labute approximate surface area is 124 Å². The minimum Gasteiger partial charge on any atom is -0.508 e. The molecule has 0 radical (unpaired) electrons. The zero-order valence-corrected chi connectivity index (χ0v) is 12.2. The summed E-state index contributed by atoms with van der Waals surface area (Å²) >= 11 is 5.15. The molecule has 20 heavy (non-hydrogen) atoms. The summed E-state index contributed by atoms with van der Waals surface area (Å²) in [6, 6.07) is 6.84. The van der Waals surface area contributed by atoms with E-state index in [1.54, 1.807) is 24.3 Å². The highest BCUT2D eigenvalue weighted by Gasteiger charge is 2.36. The van der Waals surface area contributed by atoms with E-state index in [0.717, 1.165) is 32.1 Å². The Hall–Kier alpha value is -1.62. The number of carbonyl (C=O) groups is 1. The summed E-state index contributed by atoms with van der Waals surface area (Å²) in [5, 5.41) is 12.7. The number of nitrogens with one attached hydrogen (secondary N) is 1. The summed E-state index contributed by atoms with van der Waals surface area (Å²) in [4.78, 5) is 12.6. The van der Waals surface area contributed by atoms with Gasteiger partial charge in [0, 0.05) is 5.56 Å². The van der Waals surface area contributed by atoms with E-state index < -0.39 is 5.54 Å². The molecule has 0 unspecified atom stereocenters.